The van der Waals surface area contributed by atoms with Crippen molar-refractivity contribution in [2.75, 3.05) is 31.3 Å². The van der Waals surface area contributed by atoms with Gasteiger partial charge in [-0.2, -0.15) is 0 Å². The highest BCUT2D eigenvalue weighted by molar-refractivity contribution is 5.77. The van der Waals surface area contributed by atoms with Crippen molar-refractivity contribution in [3.05, 3.63) is 17.8 Å². The molecular weight excluding hydrogens is 194 g/mol. The molecule has 0 unspecified atom stereocenters. The fraction of sp³-hybridized carbons (Fsp3) is 0.400. The van der Waals surface area contributed by atoms with Crippen LogP contribution in [-0.4, -0.2) is 31.7 Å². The van der Waals surface area contributed by atoms with Gasteiger partial charge < -0.3 is 15.4 Å². The van der Waals surface area contributed by atoms with E-state index < -0.39 is 0 Å². The number of nitrogen functional groups attached to an aromatic ring is 1. The van der Waals surface area contributed by atoms with Gasteiger partial charge in [0.1, 0.15) is 6.54 Å². The number of carbonyl (C=O) groups is 1. The molecule has 0 saturated heterocycles. The molecule has 0 aliphatic carbocycles. The Morgan fingerprint density at radius 3 is 2.93 bits per heavy atom. The largest absolute Gasteiger partial charge is 0.468 e. The lowest BCUT2D eigenvalue weighted by Gasteiger charge is -2.18. The quantitative estimate of drug-likeness (QED) is 0.737. The lowest BCUT2D eigenvalue weighted by atomic mass is 10.2. The zero-order chi connectivity index (χ0) is 11.4. The number of carbonyl (C=O) groups excluding carboxylic acids is 1. The number of rotatable bonds is 3. The van der Waals surface area contributed by atoms with E-state index in [0.29, 0.717) is 11.5 Å². The van der Waals surface area contributed by atoms with E-state index >= 15 is 0 Å². The van der Waals surface area contributed by atoms with Crippen molar-refractivity contribution in [2.45, 2.75) is 6.92 Å². The number of hydrogen-bond donors (Lipinski definition) is 1. The number of esters is 1. The van der Waals surface area contributed by atoms with E-state index in [4.69, 9.17) is 5.73 Å². The molecule has 15 heavy (non-hydrogen) atoms. The summed E-state index contributed by atoms with van der Waals surface area (Å²) in [5.41, 5.74) is 7.37. The van der Waals surface area contributed by atoms with Crippen LogP contribution in [0.1, 0.15) is 5.56 Å². The normalized spacial score (nSPS) is 9.80. The maximum absolute atomic E-state index is 11.1. The minimum atomic E-state index is -0.319. The highest BCUT2D eigenvalue weighted by Crippen LogP contribution is 2.21. The molecule has 0 aliphatic rings. The van der Waals surface area contributed by atoms with Crippen LogP contribution in [0.3, 0.4) is 0 Å². The Kier molecular flexibility index (Phi) is 3.49. The Morgan fingerprint density at radius 2 is 2.33 bits per heavy atom. The van der Waals surface area contributed by atoms with Crippen molar-refractivity contribution in [3.8, 4) is 0 Å². The van der Waals surface area contributed by atoms with Crippen molar-refractivity contribution in [3.63, 3.8) is 0 Å². The van der Waals surface area contributed by atoms with E-state index in [2.05, 4.69) is 9.72 Å². The molecular formula is C10H15N3O2. The molecule has 0 spiro atoms. The Labute approximate surface area is 88.9 Å². The van der Waals surface area contributed by atoms with Crippen LogP contribution in [0.2, 0.25) is 0 Å². The van der Waals surface area contributed by atoms with Crippen LogP contribution in [-0.2, 0) is 9.53 Å². The molecule has 1 aromatic rings. The van der Waals surface area contributed by atoms with E-state index in [-0.39, 0.29) is 12.5 Å². The molecule has 1 rings (SSSR count). The molecule has 5 heteroatoms. The van der Waals surface area contributed by atoms with Gasteiger partial charge in [0.2, 0.25) is 0 Å². The number of nitrogens with two attached hydrogens (primary N) is 1. The molecule has 1 aromatic heterocycles. The van der Waals surface area contributed by atoms with Crippen molar-refractivity contribution in [1.82, 2.24) is 4.98 Å². The Hall–Kier alpha value is -1.78. The van der Waals surface area contributed by atoms with Gasteiger partial charge in [0.15, 0.2) is 5.82 Å². The number of hydrogen-bond acceptors (Lipinski definition) is 5. The van der Waals surface area contributed by atoms with Crippen molar-refractivity contribution in [1.29, 1.82) is 0 Å². The van der Waals surface area contributed by atoms with Gasteiger partial charge >= 0.3 is 5.97 Å². The van der Waals surface area contributed by atoms with Crippen LogP contribution in [0.15, 0.2) is 12.3 Å². The summed E-state index contributed by atoms with van der Waals surface area (Å²) in [5.74, 6) is 0.278. The number of aryl methyl sites for hydroxylation is 1. The van der Waals surface area contributed by atoms with Crippen molar-refractivity contribution < 1.29 is 9.53 Å². The summed E-state index contributed by atoms with van der Waals surface area (Å²) in [7, 11) is 3.10. The second-order valence-corrected chi connectivity index (χ2v) is 3.30. The number of likely N-dealkylation sites (N-methyl/N-ethyl adjacent to an activating group) is 1. The van der Waals surface area contributed by atoms with E-state index in [9.17, 15) is 4.79 Å². The van der Waals surface area contributed by atoms with Gasteiger partial charge in [-0.3, -0.25) is 4.79 Å². The van der Waals surface area contributed by atoms with Gasteiger partial charge in [-0.15, -0.1) is 0 Å². The lowest BCUT2D eigenvalue weighted by molar-refractivity contribution is -0.138. The summed E-state index contributed by atoms with van der Waals surface area (Å²) in [6.45, 7) is 2.03. The third-order valence-electron chi connectivity index (χ3n) is 2.14. The monoisotopic (exact) mass is 209 g/mol. The van der Waals surface area contributed by atoms with E-state index in [1.54, 1.807) is 18.1 Å². The molecule has 2 N–H and O–H groups in total. The minimum absolute atomic E-state index is 0.136. The topological polar surface area (TPSA) is 68.5 Å². The summed E-state index contributed by atoms with van der Waals surface area (Å²) in [4.78, 5) is 16.8. The predicted molar refractivity (Wildman–Crippen MR) is 58.7 cm³/mol. The Bertz CT molecular complexity index is 366. The molecule has 0 atom stereocenters. The third-order valence-corrected chi connectivity index (χ3v) is 2.14. The van der Waals surface area contributed by atoms with Gasteiger partial charge in [0, 0.05) is 13.2 Å². The minimum Gasteiger partial charge on any atom is -0.468 e. The Morgan fingerprint density at radius 1 is 1.67 bits per heavy atom. The molecule has 0 radical (unpaired) electrons. The van der Waals surface area contributed by atoms with E-state index in [1.807, 2.05) is 13.0 Å². The first-order chi connectivity index (χ1) is 7.06. The summed E-state index contributed by atoms with van der Waals surface area (Å²) in [6, 6.07) is 1.82. The van der Waals surface area contributed by atoms with Gasteiger partial charge in [-0.05, 0) is 18.6 Å². The second-order valence-electron chi connectivity index (χ2n) is 3.30. The van der Waals surface area contributed by atoms with Crippen LogP contribution in [0, 0.1) is 6.92 Å². The maximum atomic E-state index is 11.1. The summed E-state index contributed by atoms with van der Waals surface area (Å²) in [6.07, 6.45) is 1.66. The van der Waals surface area contributed by atoms with E-state index in [1.165, 1.54) is 7.11 Å². The number of ether oxygens (including phenoxy) is 1. The van der Waals surface area contributed by atoms with Crippen molar-refractivity contribution >= 4 is 17.5 Å². The maximum Gasteiger partial charge on any atom is 0.325 e. The molecule has 0 aliphatic heterocycles. The average Bonchev–Trinajstić information content (AvgIpc) is 2.21. The van der Waals surface area contributed by atoms with Crippen LogP contribution in [0.4, 0.5) is 11.5 Å². The number of anilines is 2. The zero-order valence-electron chi connectivity index (χ0n) is 9.15. The standard InChI is InChI=1S/C10H15N3O2/c1-7-4-5-12-10(9(7)11)13(2)6-8(14)15-3/h4-5H,6,11H2,1-3H3. The molecule has 0 aromatic carbocycles. The lowest BCUT2D eigenvalue weighted by Crippen LogP contribution is -2.28. The molecule has 82 valence electrons. The van der Waals surface area contributed by atoms with Gasteiger partial charge in [-0.1, -0.05) is 0 Å². The number of nitrogens with zero attached hydrogens (tertiary/aromatic N) is 2. The first kappa shape index (κ1) is 11.3. The van der Waals surface area contributed by atoms with Crippen LogP contribution in [0.25, 0.3) is 0 Å². The van der Waals surface area contributed by atoms with Crippen LogP contribution >= 0.6 is 0 Å². The molecule has 0 bridgehead atoms. The molecule has 0 amide bonds. The third kappa shape index (κ3) is 2.59. The fourth-order valence-corrected chi connectivity index (χ4v) is 1.19. The van der Waals surface area contributed by atoms with Gasteiger partial charge in [-0.25, -0.2) is 4.98 Å². The van der Waals surface area contributed by atoms with E-state index in [0.717, 1.165) is 5.56 Å². The highest BCUT2D eigenvalue weighted by Gasteiger charge is 2.12. The molecule has 0 saturated carbocycles. The SMILES string of the molecule is COC(=O)CN(C)c1nccc(C)c1N. The molecule has 0 fully saturated rings. The Balaban J connectivity index is 2.86. The fourth-order valence-electron chi connectivity index (χ4n) is 1.19. The predicted octanol–water partition coefficient (Wildman–Crippen LogP) is 0.581. The first-order valence-electron chi connectivity index (χ1n) is 4.55. The highest BCUT2D eigenvalue weighted by atomic mass is 16.5. The first-order valence-corrected chi connectivity index (χ1v) is 4.55. The molecule has 5 nitrogen and oxygen atoms in total. The van der Waals surface area contributed by atoms with Gasteiger partial charge in [0.25, 0.3) is 0 Å². The smallest absolute Gasteiger partial charge is 0.325 e. The van der Waals surface area contributed by atoms with Gasteiger partial charge in [0.05, 0.1) is 12.8 Å². The summed E-state index contributed by atoms with van der Waals surface area (Å²) >= 11 is 0. The van der Waals surface area contributed by atoms with Crippen molar-refractivity contribution in [2.24, 2.45) is 0 Å². The summed E-state index contributed by atoms with van der Waals surface area (Å²) in [5, 5.41) is 0. The number of pyridine rings is 1. The number of methoxy groups -OCH3 is 1. The second kappa shape index (κ2) is 4.63. The van der Waals surface area contributed by atoms with Crippen LogP contribution < -0.4 is 10.6 Å². The molecule has 1 heterocycles. The zero-order valence-corrected chi connectivity index (χ0v) is 9.15. The van der Waals surface area contributed by atoms with Crippen LogP contribution in [0.5, 0.6) is 0 Å². The number of aromatic nitrogens is 1. The summed E-state index contributed by atoms with van der Waals surface area (Å²) < 4.78 is 4.56. The average molecular weight is 209 g/mol.